The fourth-order valence-electron chi connectivity index (χ4n) is 1.32. The molecule has 0 saturated heterocycles. The van der Waals surface area contributed by atoms with Crippen molar-refractivity contribution in [2.45, 2.75) is 25.4 Å². The first-order chi connectivity index (χ1) is 6.68. The Bertz CT molecular complexity index is 233. The zero-order valence-electron chi connectivity index (χ0n) is 8.94. The number of aliphatic hydroxyl groups excluding tert-OH is 1. The number of hydrogen-bond donors (Lipinski definition) is 1. The van der Waals surface area contributed by atoms with Gasteiger partial charge in [0.15, 0.2) is 0 Å². The second-order valence-corrected chi connectivity index (χ2v) is 4.90. The average Bonchev–Trinajstić information content (AvgIpc) is 2.63. The Morgan fingerprint density at radius 3 is 2.79 bits per heavy atom. The molecule has 2 nitrogen and oxygen atoms in total. The smallest absolute Gasteiger partial charge is 0.0555 e. The van der Waals surface area contributed by atoms with Crippen LogP contribution in [0.15, 0.2) is 17.5 Å². The normalized spacial score (nSPS) is 13.4. The summed E-state index contributed by atoms with van der Waals surface area (Å²) >= 11 is 1.77. The lowest BCUT2D eigenvalue weighted by Gasteiger charge is -2.13. The van der Waals surface area contributed by atoms with E-state index in [-0.39, 0.29) is 6.10 Å². The van der Waals surface area contributed by atoms with Crippen LogP contribution in [0.1, 0.15) is 17.7 Å². The van der Waals surface area contributed by atoms with Gasteiger partial charge < -0.3 is 10.0 Å². The summed E-state index contributed by atoms with van der Waals surface area (Å²) in [5.74, 6) is 0. The van der Waals surface area contributed by atoms with E-state index in [9.17, 15) is 5.11 Å². The Hall–Kier alpha value is -0.380. The average molecular weight is 213 g/mol. The van der Waals surface area contributed by atoms with E-state index in [0.29, 0.717) is 0 Å². The summed E-state index contributed by atoms with van der Waals surface area (Å²) in [7, 11) is 4.07. The van der Waals surface area contributed by atoms with Gasteiger partial charge in [-0.3, -0.25) is 0 Å². The minimum Gasteiger partial charge on any atom is -0.393 e. The van der Waals surface area contributed by atoms with Gasteiger partial charge in [-0.15, -0.1) is 11.3 Å². The molecule has 0 spiro atoms. The van der Waals surface area contributed by atoms with Crippen molar-refractivity contribution < 1.29 is 5.11 Å². The maximum Gasteiger partial charge on any atom is 0.0555 e. The van der Waals surface area contributed by atoms with Crippen molar-refractivity contribution in [3.8, 4) is 0 Å². The van der Waals surface area contributed by atoms with Crippen molar-refractivity contribution in [1.82, 2.24) is 4.90 Å². The lowest BCUT2D eigenvalue weighted by Crippen LogP contribution is -2.19. The first-order valence-corrected chi connectivity index (χ1v) is 5.91. The zero-order chi connectivity index (χ0) is 10.4. The van der Waals surface area contributed by atoms with Crippen LogP contribution in [-0.2, 0) is 6.42 Å². The van der Waals surface area contributed by atoms with Gasteiger partial charge in [0.1, 0.15) is 0 Å². The Morgan fingerprint density at radius 2 is 2.21 bits per heavy atom. The predicted octanol–water partition coefficient (Wildman–Crippen LogP) is 1.99. The summed E-state index contributed by atoms with van der Waals surface area (Å²) in [6.45, 7) is 0.964. The third kappa shape index (κ3) is 4.74. The van der Waals surface area contributed by atoms with Crippen molar-refractivity contribution in [2.24, 2.45) is 0 Å². The second kappa shape index (κ2) is 6.17. The number of aryl methyl sites for hydroxylation is 1. The van der Waals surface area contributed by atoms with Crippen LogP contribution in [-0.4, -0.2) is 36.8 Å². The molecule has 1 aromatic rings. The molecule has 0 aliphatic heterocycles. The van der Waals surface area contributed by atoms with E-state index in [1.807, 2.05) is 14.1 Å². The van der Waals surface area contributed by atoms with Crippen molar-refractivity contribution in [3.63, 3.8) is 0 Å². The van der Waals surface area contributed by atoms with Crippen molar-refractivity contribution in [1.29, 1.82) is 0 Å². The Labute approximate surface area is 90.2 Å². The maximum atomic E-state index is 9.67. The number of aliphatic hydroxyl groups is 1. The van der Waals surface area contributed by atoms with Gasteiger partial charge >= 0.3 is 0 Å². The fourth-order valence-corrected chi connectivity index (χ4v) is 2.04. The van der Waals surface area contributed by atoms with Crippen LogP contribution >= 0.6 is 11.3 Å². The Balaban J connectivity index is 2.12. The molecule has 0 aliphatic rings. The maximum absolute atomic E-state index is 9.67. The highest BCUT2D eigenvalue weighted by Crippen LogP contribution is 2.13. The molecule has 0 aliphatic carbocycles. The molecule has 14 heavy (non-hydrogen) atoms. The first kappa shape index (κ1) is 11.7. The molecule has 3 heteroatoms. The Morgan fingerprint density at radius 1 is 1.43 bits per heavy atom. The second-order valence-electron chi connectivity index (χ2n) is 3.86. The molecule has 1 rings (SSSR count). The van der Waals surface area contributed by atoms with Gasteiger partial charge in [-0.05, 0) is 51.3 Å². The zero-order valence-corrected chi connectivity index (χ0v) is 9.76. The fraction of sp³-hybridized carbons (Fsp3) is 0.636. The lowest BCUT2D eigenvalue weighted by atomic mass is 10.1. The molecule has 0 aromatic carbocycles. The summed E-state index contributed by atoms with van der Waals surface area (Å²) in [5.41, 5.74) is 0. The highest BCUT2D eigenvalue weighted by atomic mass is 32.1. The molecule has 1 N–H and O–H groups in total. The number of hydrogen-bond acceptors (Lipinski definition) is 3. The summed E-state index contributed by atoms with van der Waals surface area (Å²) in [5, 5.41) is 11.8. The van der Waals surface area contributed by atoms with E-state index in [4.69, 9.17) is 0 Å². The van der Waals surface area contributed by atoms with Crippen LogP contribution in [0.2, 0.25) is 0 Å². The van der Waals surface area contributed by atoms with E-state index < -0.39 is 0 Å². The predicted molar refractivity (Wildman–Crippen MR) is 61.8 cm³/mol. The monoisotopic (exact) mass is 213 g/mol. The van der Waals surface area contributed by atoms with Gasteiger partial charge in [0.25, 0.3) is 0 Å². The molecule has 1 atom stereocenters. The summed E-state index contributed by atoms with van der Waals surface area (Å²) in [6, 6.07) is 4.19. The number of rotatable bonds is 6. The first-order valence-electron chi connectivity index (χ1n) is 5.03. The van der Waals surface area contributed by atoms with E-state index in [1.54, 1.807) is 11.3 Å². The van der Waals surface area contributed by atoms with E-state index in [2.05, 4.69) is 22.4 Å². The molecular weight excluding hydrogens is 194 g/mol. The lowest BCUT2D eigenvalue weighted by molar-refractivity contribution is 0.143. The van der Waals surface area contributed by atoms with Crippen LogP contribution in [0.3, 0.4) is 0 Å². The van der Waals surface area contributed by atoms with Crippen molar-refractivity contribution in [3.05, 3.63) is 22.4 Å². The van der Waals surface area contributed by atoms with E-state index in [1.165, 1.54) is 4.88 Å². The van der Waals surface area contributed by atoms with Gasteiger partial charge in [-0.2, -0.15) is 0 Å². The topological polar surface area (TPSA) is 23.5 Å². The van der Waals surface area contributed by atoms with Gasteiger partial charge in [0.05, 0.1) is 6.10 Å². The highest BCUT2D eigenvalue weighted by molar-refractivity contribution is 7.09. The minimum atomic E-state index is -0.153. The number of nitrogens with zero attached hydrogens (tertiary/aromatic N) is 1. The van der Waals surface area contributed by atoms with Crippen molar-refractivity contribution in [2.75, 3.05) is 20.6 Å². The molecule has 0 amide bonds. The summed E-state index contributed by atoms with van der Waals surface area (Å²) in [4.78, 5) is 3.47. The molecule has 0 radical (unpaired) electrons. The molecule has 1 aromatic heterocycles. The quantitative estimate of drug-likeness (QED) is 0.781. The van der Waals surface area contributed by atoms with Crippen LogP contribution in [0, 0.1) is 0 Å². The third-order valence-electron chi connectivity index (χ3n) is 2.21. The summed E-state index contributed by atoms with van der Waals surface area (Å²) in [6.07, 6.45) is 2.61. The molecule has 1 unspecified atom stereocenters. The summed E-state index contributed by atoms with van der Waals surface area (Å²) < 4.78 is 0. The van der Waals surface area contributed by atoms with Crippen LogP contribution in [0.5, 0.6) is 0 Å². The highest BCUT2D eigenvalue weighted by Gasteiger charge is 2.05. The van der Waals surface area contributed by atoms with Crippen molar-refractivity contribution >= 4 is 11.3 Å². The van der Waals surface area contributed by atoms with E-state index in [0.717, 1.165) is 25.8 Å². The molecule has 0 bridgehead atoms. The Kier molecular flexibility index (Phi) is 5.15. The van der Waals surface area contributed by atoms with Crippen LogP contribution < -0.4 is 0 Å². The minimum absolute atomic E-state index is 0.153. The van der Waals surface area contributed by atoms with Gasteiger partial charge in [0.2, 0.25) is 0 Å². The van der Waals surface area contributed by atoms with Crippen LogP contribution in [0.25, 0.3) is 0 Å². The molecule has 0 saturated carbocycles. The molecule has 0 fully saturated rings. The molecule has 1 heterocycles. The van der Waals surface area contributed by atoms with E-state index >= 15 is 0 Å². The standard InChI is InChI=1S/C11H19NOS/c1-12(2)8-7-10(13)5-6-11-4-3-9-14-11/h3-4,9-10,13H,5-8H2,1-2H3. The van der Waals surface area contributed by atoms with Gasteiger partial charge in [0, 0.05) is 4.88 Å². The third-order valence-corrected chi connectivity index (χ3v) is 3.15. The van der Waals surface area contributed by atoms with Crippen LogP contribution in [0.4, 0.5) is 0 Å². The number of thiophene rings is 1. The largest absolute Gasteiger partial charge is 0.393 e. The molecule has 80 valence electrons. The molecular formula is C11H19NOS. The SMILES string of the molecule is CN(C)CCC(O)CCc1cccs1. The van der Waals surface area contributed by atoms with Gasteiger partial charge in [-0.25, -0.2) is 0 Å². The van der Waals surface area contributed by atoms with Gasteiger partial charge in [-0.1, -0.05) is 6.07 Å².